The number of likely N-dealkylation sites (N-methyl/N-ethyl adjacent to an activating group) is 4. The highest BCUT2D eigenvalue weighted by Gasteiger charge is 2.43. The number of nitrogens with one attached hydrogen (secondary N) is 7. The van der Waals surface area contributed by atoms with Crippen molar-refractivity contribution in [1.29, 1.82) is 0 Å². The summed E-state index contributed by atoms with van der Waals surface area (Å²) in [7, 11) is 5.31. The number of thioether (sulfide) groups is 2. The molecule has 1 saturated heterocycles. The highest BCUT2D eigenvalue weighted by molar-refractivity contribution is 7.98. The predicted octanol–water partition coefficient (Wildman–Crippen LogP) is 2.77. The molecule has 5 heterocycles. The number of nitrogens with zero attached hydrogens (tertiary/aromatic N) is 6. The molecule has 0 spiro atoms. The monoisotopic (exact) mass is 1380 g/mol. The van der Waals surface area contributed by atoms with Crippen LogP contribution in [0.25, 0.3) is 21.8 Å². The zero-order chi connectivity index (χ0) is 70.3. The van der Waals surface area contributed by atoms with Gasteiger partial charge in [0.1, 0.15) is 54.1 Å². The van der Waals surface area contributed by atoms with Crippen LogP contribution in [0, 0.1) is 0 Å². The summed E-state index contributed by atoms with van der Waals surface area (Å²) in [5, 5.41) is 33.2. The first-order chi connectivity index (χ1) is 46.9. The Kier molecular flexibility index (Phi) is 24.4. The van der Waals surface area contributed by atoms with Crippen LogP contribution in [0.3, 0.4) is 0 Å². The number of aromatic nitrogens is 4. The van der Waals surface area contributed by atoms with Crippen LogP contribution in [0.15, 0.2) is 122 Å². The number of carbonyl (C=O) groups is 11. The number of carboxylic acid groups (broad SMARTS) is 1. The van der Waals surface area contributed by atoms with Crippen LogP contribution in [-0.4, -0.2) is 221 Å². The molecule has 2 aliphatic heterocycles. The van der Waals surface area contributed by atoms with Gasteiger partial charge in [0.05, 0.1) is 19.3 Å². The minimum Gasteiger partial charge on any atom is -0.508 e. The molecule has 1 fully saturated rings. The van der Waals surface area contributed by atoms with Gasteiger partial charge in [-0.25, -0.2) is 4.98 Å². The number of fused-ring (bicyclic) bond motifs is 5. The Morgan fingerprint density at radius 2 is 1.23 bits per heavy atom. The number of aromatic amines is 3. The van der Waals surface area contributed by atoms with Gasteiger partial charge >= 0.3 is 5.97 Å². The van der Waals surface area contributed by atoms with Crippen molar-refractivity contribution >= 4 is 110 Å². The number of amides is 10. The number of carbonyl (C=O) groups excluding carboxylic acids is 10. The Hall–Kier alpha value is -10.2. The third kappa shape index (κ3) is 18.3. The Balaban J connectivity index is 1.07. The molecule has 0 saturated carbocycles. The second-order valence-electron chi connectivity index (χ2n) is 24.7. The van der Waals surface area contributed by atoms with E-state index in [1.165, 1.54) is 93.1 Å². The second-order valence-corrected chi connectivity index (χ2v) is 26.9. The Morgan fingerprint density at radius 1 is 0.633 bits per heavy atom. The van der Waals surface area contributed by atoms with Gasteiger partial charge < -0.3 is 76.7 Å². The van der Waals surface area contributed by atoms with Gasteiger partial charge in [-0.05, 0) is 71.8 Å². The molecule has 98 heavy (non-hydrogen) atoms. The van der Waals surface area contributed by atoms with Gasteiger partial charge in [0.25, 0.3) is 0 Å². The van der Waals surface area contributed by atoms with Crippen molar-refractivity contribution in [3.8, 4) is 5.75 Å². The number of phenolic OH excluding ortho intramolecular Hbond substituents is 1. The van der Waals surface area contributed by atoms with E-state index in [1.54, 1.807) is 48.8 Å². The predicted molar refractivity (Wildman–Crippen MR) is 368 cm³/mol. The van der Waals surface area contributed by atoms with Crippen LogP contribution >= 0.6 is 23.5 Å². The Labute approximate surface area is 574 Å². The normalized spacial score (nSPS) is 22.7. The average Bonchev–Trinajstić information content (AvgIpc) is 1.45. The van der Waals surface area contributed by atoms with E-state index in [1.807, 2.05) is 48.5 Å². The topological polar surface area (TPSA) is 379 Å². The number of benzene rings is 4. The molecule has 518 valence electrons. The van der Waals surface area contributed by atoms with Gasteiger partial charge in [-0.1, -0.05) is 72.8 Å². The van der Waals surface area contributed by atoms with E-state index in [-0.39, 0.29) is 56.6 Å². The summed E-state index contributed by atoms with van der Waals surface area (Å²) in [4.78, 5) is 178. The third-order valence-corrected chi connectivity index (χ3v) is 19.9. The maximum absolute atomic E-state index is 15.5. The molecule has 8 atom stereocenters. The molecule has 29 heteroatoms. The van der Waals surface area contributed by atoms with E-state index in [4.69, 9.17) is 5.73 Å². The second kappa shape index (κ2) is 33.2. The van der Waals surface area contributed by atoms with Crippen molar-refractivity contribution in [2.45, 2.75) is 118 Å². The number of para-hydroxylation sites is 2. The smallest absolute Gasteiger partial charge is 0.305 e. The maximum Gasteiger partial charge on any atom is 0.305 e. The van der Waals surface area contributed by atoms with Crippen molar-refractivity contribution in [3.63, 3.8) is 0 Å². The van der Waals surface area contributed by atoms with Gasteiger partial charge in [-0.2, -0.15) is 23.5 Å². The van der Waals surface area contributed by atoms with Crippen molar-refractivity contribution < 1.29 is 63.0 Å². The molecule has 7 aromatic rings. The number of imidazole rings is 1. The summed E-state index contributed by atoms with van der Waals surface area (Å²) in [5.41, 5.74) is 11.1. The number of nitrogens with two attached hydrogens (primary N) is 1. The molecule has 2 bridgehead atoms. The summed E-state index contributed by atoms with van der Waals surface area (Å²) in [6.07, 6.45) is 4.86. The Morgan fingerprint density at radius 3 is 1.86 bits per heavy atom. The quantitative estimate of drug-likeness (QED) is 0.0890. The van der Waals surface area contributed by atoms with E-state index in [9.17, 15) is 39.0 Å². The SMILES string of the molecule is C[C@@H]1NC(=O)CCSCc2cccc(c2)CSC[C@@H](C(N)=O)NC(=O)[C@@H]2CCCN2C(=O)[C@H](Cc2ccc(O)cc2)N(C)C(=O)[C@H](Cc2cnc[nH]2)NC(=O)[C@H](CC(=O)O)N(C)C(=O)[C@H](Cc2c[nH]c3ccccc23)NC(=O)[C@H](Cc2c[nH]c3ccccc23)N(C)C(=O)CN(C)C1=O. The molecule has 9 rings (SSSR count). The molecular weight excluding hydrogens is 1300 g/mol. The molecule has 0 unspecified atom stereocenters. The molecule has 10 amide bonds. The van der Waals surface area contributed by atoms with Crippen LogP contribution in [0.5, 0.6) is 5.75 Å². The van der Waals surface area contributed by atoms with E-state index < -0.39 is 126 Å². The molecule has 2 aliphatic rings. The fraction of sp³-hybridized carbons (Fsp3) is 0.391. The van der Waals surface area contributed by atoms with Crippen LogP contribution < -0.4 is 27.0 Å². The molecular formula is C69H82N14O13S2. The molecule has 27 nitrogen and oxygen atoms in total. The number of rotatable bonds is 11. The molecule has 11 N–H and O–H groups in total. The highest BCUT2D eigenvalue weighted by atomic mass is 32.2. The van der Waals surface area contributed by atoms with E-state index in [2.05, 4.69) is 41.2 Å². The number of aliphatic carboxylic acids is 1. The van der Waals surface area contributed by atoms with Gasteiger partial charge in [-0.3, -0.25) is 52.7 Å². The number of hydrogen-bond donors (Lipinski definition) is 10. The molecule has 0 aliphatic carbocycles. The minimum absolute atomic E-state index is 0.0676. The number of phenols is 1. The summed E-state index contributed by atoms with van der Waals surface area (Å²) >= 11 is 2.85. The maximum atomic E-state index is 15.5. The summed E-state index contributed by atoms with van der Waals surface area (Å²) in [5.74, 6) is -7.71. The average molecular weight is 1380 g/mol. The van der Waals surface area contributed by atoms with Crippen LogP contribution in [0.2, 0.25) is 0 Å². The number of primary amides is 1. The lowest BCUT2D eigenvalue weighted by molar-refractivity contribution is -0.150. The largest absolute Gasteiger partial charge is 0.508 e. The fourth-order valence-corrected chi connectivity index (χ4v) is 14.2. The lowest BCUT2D eigenvalue weighted by Crippen LogP contribution is -2.61. The van der Waals surface area contributed by atoms with Crippen molar-refractivity contribution in [1.82, 2.24) is 65.7 Å². The van der Waals surface area contributed by atoms with Crippen LogP contribution in [0.4, 0.5) is 0 Å². The molecule has 0 radical (unpaired) electrons. The van der Waals surface area contributed by atoms with Crippen LogP contribution in [0.1, 0.15) is 66.1 Å². The van der Waals surface area contributed by atoms with Gasteiger partial charge in [-0.15, -0.1) is 0 Å². The third-order valence-electron chi connectivity index (χ3n) is 17.8. The zero-order valence-corrected chi connectivity index (χ0v) is 56.7. The van der Waals surface area contributed by atoms with Crippen molar-refractivity contribution in [3.05, 3.63) is 155 Å². The summed E-state index contributed by atoms with van der Waals surface area (Å²) < 4.78 is 0. The van der Waals surface area contributed by atoms with E-state index in [0.717, 1.165) is 36.7 Å². The number of H-pyrrole nitrogens is 3. The first-order valence-electron chi connectivity index (χ1n) is 32.1. The lowest BCUT2D eigenvalue weighted by Gasteiger charge is -2.36. The summed E-state index contributed by atoms with van der Waals surface area (Å²) in [6, 6.07) is 17.0. The number of hydrogen-bond acceptors (Lipinski definition) is 15. The fourth-order valence-electron chi connectivity index (χ4n) is 12.3. The highest BCUT2D eigenvalue weighted by Crippen LogP contribution is 2.27. The first kappa shape index (κ1) is 72.1. The van der Waals surface area contributed by atoms with Crippen molar-refractivity contribution in [2.24, 2.45) is 5.73 Å². The molecule has 3 aromatic heterocycles. The minimum atomic E-state index is -1.89. The van der Waals surface area contributed by atoms with Gasteiger partial charge in [0, 0.05) is 136 Å². The number of carboxylic acids is 1. The van der Waals surface area contributed by atoms with Gasteiger partial charge in [0.2, 0.25) is 59.1 Å². The molecule has 4 aromatic carbocycles. The zero-order valence-electron chi connectivity index (χ0n) is 55.0. The van der Waals surface area contributed by atoms with E-state index >= 15 is 24.0 Å². The number of aromatic hydroxyl groups is 1. The Bertz CT molecular complexity index is 4050. The van der Waals surface area contributed by atoms with Crippen molar-refractivity contribution in [2.75, 3.05) is 52.8 Å². The summed E-state index contributed by atoms with van der Waals surface area (Å²) in [6.45, 7) is 1.04. The lowest BCUT2D eigenvalue weighted by atomic mass is 9.99. The van der Waals surface area contributed by atoms with E-state index in [0.29, 0.717) is 57.0 Å². The first-order valence-corrected chi connectivity index (χ1v) is 34.4. The standard InChI is InChI=1S/C69H82N14O13S2/c1-40-66(93)79(2)35-60(86)80(3)56(29-45-33-73-51-17-9-7-15-49(45)51)64(91)76-52(28-44-32-72-50-16-8-6-14-48(44)50)67(94)81(4)57(31-61(87)88)65(92)77-53(30-46-34-71-39-74-46)68(95)82(5)58(27-41-19-21-47(84)22-20-41)69(96)83-24-11-18-55(83)63(90)78-54(62(70)89)38-98-37-43-13-10-12-42(26-43)36-97-25-23-59(85)75-40/h6-10,12-17,19-22,26,32-34,39-40,52-58,72-73,84H,11,18,23-25,27-31,35-38H2,1-5H3,(H2,70,89)(H,71,74)(H,75,85)(H,76,91)(H,77,92)(H,78,90)(H,87,88)/t40-,52-,53-,54-,55-,56-,57-,58-/m0/s1. The van der Waals surface area contributed by atoms with Crippen LogP contribution in [-0.2, 0) is 89.9 Å². The van der Waals surface area contributed by atoms with Gasteiger partial charge in [0.15, 0.2) is 0 Å².